The van der Waals surface area contributed by atoms with Crippen LogP contribution in [0.4, 0.5) is 0 Å². The van der Waals surface area contributed by atoms with Gasteiger partial charge in [-0.1, -0.05) is 42.5 Å². The summed E-state index contributed by atoms with van der Waals surface area (Å²) < 4.78 is 6.05. The summed E-state index contributed by atoms with van der Waals surface area (Å²) in [4.78, 5) is 0. The molecule has 20 heavy (non-hydrogen) atoms. The van der Waals surface area contributed by atoms with Crippen LogP contribution < -0.4 is 4.74 Å². The number of benzene rings is 2. The Morgan fingerprint density at radius 1 is 0.850 bits per heavy atom. The Labute approximate surface area is 120 Å². The van der Waals surface area contributed by atoms with E-state index in [0.717, 1.165) is 31.4 Å². The number of aliphatic hydroxyl groups is 1. The van der Waals surface area contributed by atoms with E-state index in [1.54, 1.807) is 0 Å². The van der Waals surface area contributed by atoms with E-state index < -0.39 is 0 Å². The fraction of sp³-hybridized carbons (Fsp3) is 0.333. The van der Waals surface area contributed by atoms with Gasteiger partial charge in [0.1, 0.15) is 11.4 Å². The number of ether oxygens (including phenoxy) is 1. The van der Waals surface area contributed by atoms with Gasteiger partial charge in [-0.05, 0) is 48.9 Å². The summed E-state index contributed by atoms with van der Waals surface area (Å²) in [5.74, 6) is 0.848. The Morgan fingerprint density at radius 3 is 2.05 bits per heavy atom. The maximum absolute atomic E-state index is 9.59. The van der Waals surface area contributed by atoms with Gasteiger partial charge in [0.05, 0.1) is 6.61 Å². The zero-order valence-electron chi connectivity index (χ0n) is 11.6. The lowest BCUT2D eigenvalue weighted by Crippen LogP contribution is -2.36. The van der Waals surface area contributed by atoms with Crippen molar-refractivity contribution in [3.8, 4) is 16.9 Å². The van der Waals surface area contributed by atoms with Crippen LogP contribution in [0.15, 0.2) is 54.6 Å². The molecular weight excluding hydrogens is 248 g/mol. The van der Waals surface area contributed by atoms with Gasteiger partial charge in [-0.25, -0.2) is 0 Å². The Balaban J connectivity index is 1.76. The molecule has 104 valence electrons. The third-order valence-electron chi connectivity index (χ3n) is 4.10. The van der Waals surface area contributed by atoms with Gasteiger partial charge in [0.15, 0.2) is 0 Å². The quantitative estimate of drug-likeness (QED) is 0.907. The maximum Gasteiger partial charge on any atom is 0.132 e. The van der Waals surface area contributed by atoms with Crippen molar-refractivity contribution in [1.29, 1.82) is 0 Å². The molecular formula is C18H20O2. The van der Waals surface area contributed by atoms with E-state index in [2.05, 4.69) is 24.3 Å². The van der Waals surface area contributed by atoms with Crippen LogP contribution in [0.2, 0.25) is 0 Å². The Kier molecular flexibility index (Phi) is 3.75. The van der Waals surface area contributed by atoms with Crippen molar-refractivity contribution in [3.63, 3.8) is 0 Å². The molecule has 0 aromatic heterocycles. The largest absolute Gasteiger partial charge is 0.485 e. The zero-order chi connectivity index (χ0) is 13.8. The predicted octanol–water partition coefficient (Wildman–Crippen LogP) is 4.04. The topological polar surface area (TPSA) is 29.5 Å². The first-order chi connectivity index (χ1) is 9.81. The van der Waals surface area contributed by atoms with Crippen LogP contribution in [0, 0.1) is 0 Å². The molecule has 0 spiro atoms. The van der Waals surface area contributed by atoms with Crippen molar-refractivity contribution < 1.29 is 9.84 Å². The van der Waals surface area contributed by atoms with Crippen molar-refractivity contribution in [3.05, 3.63) is 54.6 Å². The van der Waals surface area contributed by atoms with Crippen LogP contribution in [0.25, 0.3) is 11.1 Å². The first kappa shape index (κ1) is 13.2. The second kappa shape index (κ2) is 5.68. The summed E-state index contributed by atoms with van der Waals surface area (Å²) in [5, 5.41) is 9.59. The van der Waals surface area contributed by atoms with Crippen molar-refractivity contribution in [2.45, 2.75) is 31.3 Å². The molecule has 0 heterocycles. The highest BCUT2D eigenvalue weighted by Crippen LogP contribution is 2.34. The standard InChI is InChI=1S/C18H20O2/c19-14-18(12-4-5-13-18)20-17-10-8-16(9-11-17)15-6-2-1-3-7-15/h1-3,6-11,19H,4-5,12-14H2. The molecule has 0 aliphatic heterocycles. The second-order valence-electron chi connectivity index (χ2n) is 5.54. The second-order valence-corrected chi connectivity index (χ2v) is 5.54. The van der Waals surface area contributed by atoms with Crippen LogP contribution in [0.5, 0.6) is 5.75 Å². The van der Waals surface area contributed by atoms with Crippen molar-refractivity contribution in [1.82, 2.24) is 0 Å². The number of hydrogen-bond acceptors (Lipinski definition) is 2. The van der Waals surface area contributed by atoms with Gasteiger partial charge in [-0.2, -0.15) is 0 Å². The average molecular weight is 268 g/mol. The molecule has 2 aromatic carbocycles. The normalized spacial score (nSPS) is 17.1. The van der Waals surface area contributed by atoms with Crippen molar-refractivity contribution >= 4 is 0 Å². The van der Waals surface area contributed by atoms with Crippen molar-refractivity contribution in [2.75, 3.05) is 6.61 Å². The fourth-order valence-corrected chi connectivity index (χ4v) is 2.91. The van der Waals surface area contributed by atoms with Gasteiger partial charge >= 0.3 is 0 Å². The van der Waals surface area contributed by atoms with Crippen LogP contribution in [0.3, 0.4) is 0 Å². The molecule has 0 saturated heterocycles. The summed E-state index contributed by atoms with van der Waals surface area (Å²) in [6.07, 6.45) is 4.18. The van der Waals surface area contributed by atoms with Gasteiger partial charge in [0.25, 0.3) is 0 Å². The van der Waals surface area contributed by atoms with Crippen molar-refractivity contribution in [2.24, 2.45) is 0 Å². The first-order valence-corrected chi connectivity index (χ1v) is 7.27. The van der Waals surface area contributed by atoms with Crippen LogP contribution in [0.1, 0.15) is 25.7 Å². The van der Waals surface area contributed by atoms with Gasteiger partial charge in [-0.15, -0.1) is 0 Å². The van der Waals surface area contributed by atoms with Gasteiger partial charge in [0, 0.05) is 0 Å². The van der Waals surface area contributed by atoms with E-state index in [9.17, 15) is 5.11 Å². The van der Waals surface area contributed by atoms with Crippen LogP contribution in [-0.2, 0) is 0 Å². The Bertz CT molecular complexity index is 539. The summed E-state index contributed by atoms with van der Waals surface area (Å²) >= 11 is 0. The van der Waals surface area contributed by atoms with Gasteiger partial charge in [0.2, 0.25) is 0 Å². The number of aliphatic hydroxyl groups excluding tert-OH is 1. The summed E-state index contributed by atoms with van der Waals surface area (Å²) in [5.41, 5.74) is 2.04. The molecule has 3 rings (SSSR count). The molecule has 0 radical (unpaired) electrons. The Morgan fingerprint density at radius 2 is 1.45 bits per heavy atom. The number of hydrogen-bond donors (Lipinski definition) is 1. The van der Waals surface area contributed by atoms with E-state index in [4.69, 9.17) is 4.74 Å². The lowest BCUT2D eigenvalue weighted by atomic mass is 10.0. The first-order valence-electron chi connectivity index (χ1n) is 7.27. The molecule has 1 aliphatic carbocycles. The zero-order valence-corrected chi connectivity index (χ0v) is 11.6. The predicted molar refractivity (Wildman–Crippen MR) is 80.8 cm³/mol. The van der Waals surface area contributed by atoms with Crippen LogP contribution >= 0.6 is 0 Å². The summed E-state index contributed by atoms with van der Waals surface area (Å²) in [6, 6.07) is 18.4. The minimum Gasteiger partial charge on any atom is -0.485 e. The van der Waals surface area contributed by atoms with Gasteiger partial charge < -0.3 is 9.84 Å². The molecule has 1 fully saturated rings. The van der Waals surface area contributed by atoms with E-state index in [1.807, 2.05) is 30.3 Å². The molecule has 2 nitrogen and oxygen atoms in total. The summed E-state index contributed by atoms with van der Waals surface area (Å²) in [6.45, 7) is 0.105. The molecule has 0 bridgehead atoms. The Hall–Kier alpha value is -1.80. The molecule has 1 aliphatic rings. The van der Waals surface area contributed by atoms with Gasteiger partial charge in [-0.3, -0.25) is 0 Å². The van der Waals surface area contributed by atoms with E-state index in [-0.39, 0.29) is 12.2 Å². The minimum atomic E-state index is -0.353. The molecule has 1 N–H and O–H groups in total. The lowest BCUT2D eigenvalue weighted by molar-refractivity contribution is 0.0152. The highest BCUT2D eigenvalue weighted by Gasteiger charge is 2.35. The minimum absolute atomic E-state index is 0.105. The van der Waals surface area contributed by atoms with E-state index in [1.165, 1.54) is 11.1 Å². The third kappa shape index (κ3) is 2.70. The third-order valence-corrected chi connectivity index (χ3v) is 4.10. The number of rotatable bonds is 4. The molecule has 2 aromatic rings. The SMILES string of the molecule is OCC1(Oc2ccc(-c3ccccc3)cc2)CCCC1. The summed E-state index contributed by atoms with van der Waals surface area (Å²) in [7, 11) is 0. The fourth-order valence-electron chi connectivity index (χ4n) is 2.91. The molecule has 0 amide bonds. The smallest absolute Gasteiger partial charge is 0.132 e. The highest BCUT2D eigenvalue weighted by molar-refractivity contribution is 5.63. The van der Waals surface area contributed by atoms with E-state index >= 15 is 0 Å². The van der Waals surface area contributed by atoms with Crippen LogP contribution in [-0.4, -0.2) is 17.3 Å². The van der Waals surface area contributed by atoms with E-state index in [0.29, 0.717) is 0 Å². The average Bonchev–Trinajstić information content (AvgIpc) is 2.98. The molecule has 2 heteroatoms. The monoisotopic (exact) mass is 268 g/mol. The maximum atomic E-state index is 9.59. The molecule has 0 atom stereocenters. The molecule has 1 saturated carbocycles. The lowest BCUT2D eigenvalue weighted by Gasteiger charge is -2.28. The highest BCUT2D eigenvalue weighted by atomic mass is 16.5. The molecule has 0 unspecified atom stereocenters.